The van der Waals surface area contributed by atoms with Crippen molar-refractivity contribution in [2.45, 2.75) is 12.8 Å². The maximum Gasteiger partial charge on any atom is 0.0374 e. The van der Waals surface area contributed by atoms with Crippen LogP contribution in [0, 0.1) is 0 Å². The van der Waals surface area contributed by atoms with Crippen LogP contribution in [0.2, 0.25) is 0 Å². The summed E-state index contributed by atoms with van der Waals surface area (Å²) in [6.45, 7) is 0.780. The van der Waals surface area contributed by atoms with Gasteiger partial charge in [0.25, 0.3) is 0 Å². The van der Waals surface area contributed by atoms with E-state index in [4.69, 9.17) is 5.73 Å². The van der Waals surface area contributed by atoms with Gasteiger partial charge < -0.3 is 5.73 Å². The summed E-state index contributed by atoms with van der Waals surface area (Å²) >= 11 is 1.82. The van der Waals surface area contributed by atoms with Gasteiger partial charge in [-0.3, -0.25) is 0 Å². The summed E-state index contributed by atoms with van der Waals surface area (Å²) in [5, 5.41) is 3.51. The lowest BCUT2D eigenvalue weighted by Gasteiger charge is -2.00. The Hall–Kier alpha value is -0.860. The van der Waals surface area contributed by atoms with Gasteiger partial charge in [-0.15, -0.1) is 11.3 Å². The Morgan fingerprint density at radius 2 is 2.15 bits per heavy atom. The van der Waals surface area contributed by atoms with Crippen LogP contribution in [0.3, 0.4) is 0 Å². The van der Waals surface area contributed by atoms with Crippen molar-refractivity contribution in [3.05, 3.63) is 35.2 Å². The van der Waals surface area contributed by atoms with Crippen LogP contribution in [0.4, 0.5) is 0 Å². The summed E-state index contributed by atoms with van der Waals surface area (Å²) in [5.74, 6) is 0. The van der Waals surface area contributed by atoms with Crippen LogP contribution in [0.5, 0.6) is 0 Å². The average molecular weight is 191 g/mol. The largest absolute Gasteiger partial charge is 0.330 e. The molecule has 1 aromatic carbocycles. The van der Waals surface area contributed by atoms with Crippen LogP contribution < -0.4 is 5.73 Å². The Morgan fingerprint density at radius 3 is 3.00 bits per heavy atom. The van der Waals surface area contributed by atoms with Gasteiger partial charge in [-0.05, 0) is 41.8 Å². The smallest absolute Gasteiger partial charge is 0.0374 e. The summed E-state index contributed by atoms with van der Waals surface area (Å²) in [6, 6.07) is 8.67. The minimum atomic E-state index is 0.780. The number of nitrogens with two attached hydrogens (primary N) is 1. The van der Waals surface area contributed by atoms with Gasteiger partial charge in [0, 0.05) is 4.70 Å². The number of thiophene rings is 1. The molecule has 0 amide bonds. The highest BCUT2D eigenvalue weighted by Crippen LogP contribution is 2.25. The highest BCUT2D eigenvalue weighted by atomic mass is 32.1. The van der Waals surface area contributed by atoms with Gasteiger partial charge in [0.15, 0.2) is 0 Å². The van der Waals surface area contributed by atoms with E-state index in [0.29, 0.717) is 0 Å². The highest BCUT2D eigenvalue weighted by molar-refractivity contribution is 7.17. The first-order chi connectivity index (χ1) is 6.42. The van der Waals surface area contributed by atoms with Gasteiger partial charge in [-0.1, -0.05) is 18.2 Å². The summed E-state index contributed by atoms with van der Waals surface area (Å²) in [5.41, 5.74) is 6.94. The Labute approximate surface area is 82.2 Å². The van der Waals surface area contributed by atoms with E-state index in [2.05, 4.69) is 29.6 Å². The van der Waals surface area contributed by atoms with Gasteiger partial charge in [0.1, 0.15) is 0 Å². The third kappa shape index (κ3) is 1.74. The van der Waals surface area contributed by atoms with Crippen LogP contribution in [-0.2, 0) is 6.42 Å². The van der Waals surface area contributed by atoms with E-state index >= 15 is 0 Å². The van der Waals surface area contributed by atoms with E-state index in [1.54, 1.807) is 0 Å². The number of hydrogen-bond donors (Lipinski definition) is 1. The third-order valence-electron chi connectivity index (χ3n) is 2.21. The van der Waals surface area contributed by atoms with Crippen molar-refractivity contribution in [1.29, 1.82) is 0 Å². The molecule has 0 fully saturated rings. The van der Waals surface area contributed by atoms with E-state index < -0.39 is 0 Å². The Balaban J connectivity index is 2.37. The SMILES string of the molecule is NCCCc1cccc2ccsc12. The molecule has 0 unspecified atom stereocenters. The molecule has 13 heavy (non-hydrogen) atoms. The lowest BCUT2D eigenvalue weighted by molar-refractivity contribution is 0.838. The van der Waals surface area contributed by atoms with Crippen LogP contribution in [0.25, 0.3) is 10.1 Å². The van der Waals surface area contributed by atoms with Crippen LogP contribution >= 0.6 is 11.3 Å². The van der Waals surface area contributed by atoms with E-state index in [9.17, 15) is 0 Å². The Bertz CT molecular complexity index is 392. The standard InChI is InChI=1S/C11H13NS/c12-7-2-5-9-3-1-4-10-6-8-13-11(9)10/h1,3-4,6,8H,2,5,7,12H2. The molecule has 0 spiro atoms. The summed E-state index contributed by atoms with van der Waals surface area (Å²) < 4.78 is 1.43. The topological polar surface area (TPSA) is 26.0 Å². The predicted octanol–water partition coefficient (Wildman–Crippen LogP) is 2.79. The van der Waals surface area contributed by atoms with Gasteiger partial charge in [0.05, 0.1) is 0 Å². The molecule has 2 aromatic rings. The van der Waals surface area contributed by atoms with Gasteiger partial charge >= 0.3 is 0 Å². The minimum absolute atomic E-state index is 0.780. The third-order valence-corrected chi connectivity index (χ3v) is 3.22. The van der Waals surface area contributed by atoms with Gasteiger partial charge in [-0.25, -0.2) is 0 Å². The van der Waals surface area contributed by atoms with Crippen molar-refractivity contribution in [3.63, 3.8) is 0 Å². The zero-order valence-corrected chi connectivity index (χ0v) is 8.31. The van der Waals surface area contributed by atoms with Gasteiger partial charge in [0.2, 0.25) is 0 Å². The maximum atomic E-state index is 5.50. The molecule has 0 aliphatic carbocycles. The molecule has 0 aliphatic heterocycles. The quantitative estimate of drug-likeness (QED) is 0.793. The predicted molar refractivity (Wildman–Crippen MR) is 59.2 cm³/mol. The van der Waals surface area contributed by atoms with Crippen molar-refractivity contribution in [2.75, 3.05) is 6.54 Å². The number of rotatable bonds is 3. The number of benzene rings is 1. The molecule has 0 bridgehead atoms. The van der Waals surface area contributed by atoms with Crippen LogP contribution in [0.1, 0.15) is 12.0 Å². The Morgan fingerprint density at radius 1 is 1.23 bits per heavy atom. The molecule has 0 saturated heterocycles. The zero-order chi connectivity index (χ0) is 9.10. The van der Waals surface area contributed by atoms with Crippen LogP contribution in [-0.4, -0.2) is 6.54 Å². The summed E-state index contributed by atoms with van der Waals surface area (Å²) in [7, 11) is 0. The molecule has 1 aromatic heterocycles. The molecule has 0 radical (unpaired) electrons. The normalized spacial score (nSPS) is 10.8. The summed E-state index contributed by atoms with van der Waals surface area (Å²) in [6.07, 6.45) is 2.19. The summed E-state index contributed by atoms with van der Waals surface area (Å²) in [4.78, 5) is 0. The molecule has 0 aliphatic rings. The van der Waals surface area contributed by atoms with E-state index in [-0.39, 0.29) is 0 Å². The first-order valence-corrected chi connectivity index (χ1v) is 5.45. The van der Waals surface area contributed by atoms with Crippen molar-refractivity contribution in [2.24, 2.45) is 5.73 Å². The highest BCUT2D eigenvalue weighted by Gasteiger charge is 2.00. The monoisotopic (exact) mass is 191 g/mol. The molecular formula is C11H13NS. The molecule has 1 heterocycles. The second-order valence-corrected chi connectivity index (χ2v) is 4.06. The van der Waals surface area contributed by atoms with E-state index in [0.717, 1.165) is 19.4 Å². The maximum absolute atomic E-state index is 5.50. The fraction of sp³-hybridized carbons (Fsp3) is 0.273. The minimum Gasteiger partial charge on any atom is -0.330 e. The van der Waals surface area contributed by atoms with Crippen molar-refractivity contribution in [3.8, 4) is 0 Å². The number of aryl methyl sites for hydroxylation is 1. The van der Waals surface area contributed by atoms with Gasteiger partial charge in [-0.2, -0.15) is 0 Å². The number of hydrogen-bond acceptors (Lipinski definition) is 2. The van der Waals surface area contributed by atoms with Crippen molar-refractivity contribution in [1.82, 2.24) is 0 Å². The first kappa shape index (κ1) is 8.73. The molecule has 0 saturated carbocycles. The lowest BCUT2D eigenvalue weighted by atomic mass is 10.1. The van der Waals surface area contributed by atoms with Crippen molar-refractivity contribution >= 4 is 21.4 Å². The van der Waals surface area contributed by atoms with E-state index in [1.807, 2.05) is 11.3 Å². The molecule has 0 atom stereocenters. The lowest BCUT2D eigenvalue weighted by Crippen LogP contribution is -2.00. The molecule has 2 heteroatoms. The molecule has 1 nitrogen and oxygen atoms in total. The molecular weight excluding hydrogens is 178 g/mol. The van der Waals surface area contributed by atoms with Crippen LogP contribution in [0.15, 0.2) is 29.6 Å². The van der Waals surface area contributed by atoms with E-state index in [1.165, 1.54) is 15.6 Å². The average Bonchev–Trinajstić information content (AvgIpc) is 2.62. The second kappa shape index (κ2) is 3.90. The van der Waals surface area contributed by atoms with Crippen molar-refractivity contribution < 1.29 is 0 Å². The molecule has 68 valence electrons. The fourth-order valence-electron chi connectivity index (χ4n) is 1.54. The number of fused-ring (bicyclic) bond motifs is 1. The first-order valence-electron chi connectivity index (χ1n) is 4.57. The molecule has 2 rings (SSSR count). The molecule has 2 N–H and O–H groups in total. The zero-order valence-electron chi connectivity index (χ0n) is 7.49. The Kier molecular flexibility index (Phi) is 2.62. The second-order valence-electron chi connectivity index (χ2n) is 3.15. The fourth-order valence-corrected chi connectivity index (χ4v) is 2.49.